The minimum Gasteiger partial charge on any atom is -0.508 e. The van der Waals surface area contributed by atoms with Crippen LogP contribution in [0.5, 0.6) is 5.75 Å². The Kier molecular flexibility index (Phi) is 4.74. The van der Waals surface area contributed by atoms with E-state index in [0.29, 0.717) is 5.82 Å². The third-order valence-electron chi connectivity index (χ3n) is 5.38. The second-order valence-electron chi connectivity index (χ2n) is 7.32. The molecular formula is C22H23N3O2S. The molecule has 2 aliphatic rings. The molecular weight excluding hydrogens is 370 g/mol. The second-order valence-corrected chi connectivity index (χ2v) is 8.37. The van der Waals surface area contributed by atoms with Gasteiger partial charge in [-0.3, -0.25) is 0 Å². The molecule has 1 saturated heterocycles. The van der Waals surface area contributed by atoms with Crippen molar-refractivity contribution in [3.63, 3.8) is 0 Å². The lowest BCUT2D eigenvalue weighted by Crippen LogP contribution is -2.36. The van der Waals surface area contributed by atoms with Gasteiger partial charge in [0.15, 0.2) is 11.6 Å². The smallest absolute Gasteiger partial charge is 0.162 e. The van der Waals surface area contributed by atoms with E-state index in [9.17, 15) is 5.11 Å². The van der Waals surface area contributed by atoms with Crippen LogP contribution in [0, 0.1) is 0 Å². The number of thiophene rings is 1. The molecule has 0 spiro atoms. The van der Waals surface area contributed by atoms with Crippen molar-refractivity contribution >= 4 is 32.9 Å². The summed E-state index contributed by atoms with van der Waals surface area (Å²) >= 11 is 1.81. The lowest BCUT2D eigenvalue weighted by Gasteiger charge is -2.28. The van der Waals surface area contributed by atoms with Gasteiger partial charge in [0.2, 0.25) is 0 Å². The van der Waals surface area contributed by atoms with Crippen LogP contribution < -0.4 is 4.90 Å². The van der Waals surface area contributed by atoms with E-state index in [1.165, 1.54) is 29.7 Å². The number of hydrogen-bond donors (Lipinski definition) is 1. The molecule has 0 atom stereocenters. The van der Waals surface area contributed by atoms with Crippen LogP contribution in [0.1, 0.15) is 30.6 Å². The van der Waals surface area contributed by atoms with Crippen molar-refractivity contribution < 1.29 is 9.84 Å². The number of hydrogen-bond acceptors (Lipinski definition) is 6. The molecule has 3 heterocycles. The topological polar surface area (TPSA) is 58.5 Å². The van der Waals surface area contributed by atoms with Crippen LogP contribution in [-0.4, -0.2) is 41.4 Å². The predicted octanol–water partition coefficient (Wildman–Crippen LogP) is 4.86. The van der Waals surface area contributed by atoms with E-state index >= 15 is 0 Å². The van der Waals surface area contributed by atoms with Gasteiger partial charge in [-0.1, -0.05) is 18.2 Å². The van der Waals surface area contributed by atoms with E-state index < -0.39 is 0 Å². The highest BCUT2D eigenvalue weighted by Gasteiger charge is 2.21. The average molecular weight is 394 g/mol. The first-order valence-electron chi connectivity index (χ1n) is 9.91. The monoisotopic (exact) mass is 393 g/mol. The third kappa shape index (κ3) is 3.38. The summed E-state index contributed by atoms with van der Waals surface area (Å²) in [5, 5.41) is 9.89. The number of phenolic OH excluding ortho intramolecular Hbond substituents is 1. The molecule has 28 heavy (non-hydrogen) atoms. The first-order valence-corrected chi connectivity index (χ1v) is 10.7. The van der Waals surface area contributed by atoms with Crippen molar-refractivity contribution in [1.29, 1.82) is 0 Å². The molecule has 3 aromatic rings. The van der Waals surface area contributed by atoms with Crippen molar-refractivity contribution in [3.05, 3.63) is 41.3 Å². The van der Waals surface area contributed by atoms with Crippen molar-refractivity contribution in [2.75, 3.05) is 31.2 Å². The molecule has 1 aliphatic heterocycles. The summed E-state index contributed by atoms with van der Waals surface area (Å²) in [4.78, 5) is 13.4. The van der Waals surface area contributed by atoms with E-state index in [2.05, 4.69) is 17.0 Å². The zero-order valence-electron chi connectivity index (χ0n) is 15.7. The standard InChI is InChI=1S/C22H23N3O2S/c26-17-8-4-7-16(13-17)21-23-18-14-19(15-5-2-1-3-6-15)28-20(18)22(24-21)25-9-11-27-12-10-25/h4-5,7-8,13-14,26H,1-3,6,9-12H2. The Morgan fingerprint density at radius 1 is 1.07 bits per heavy atom. The van der Waals surface area contributed by atoms with Crippen LogP contribution in [0.2, 0.25) is 0 Å². The number of allylic oxidation sites excluding steroid dienone is 2. The van der Waals surface area contributed by atoms with Crippen molar-refractivity contribution in [3.8, 4) is 17.1 Å². The molecule has 1 N–H and O–H groups in total. The summed E-state index contributed by atoms with van der Waals surface area (Å²) < 4.78 is 6.69. The first kappa shape index (κ1) is 17.6. The molecule has 144 valence electrons. The average Bonchev–Trinajstić information content (AvgIpc) is 3.19. The zero-order valence-corrected chi connectivity index (χ0v) is 16.5. The number of ether oxygens (including phenoxy) is 1. The summed E-state index contributed by atoms with van der Waals surface area (Å²) in [6.45, 7) is 3.11. The van der Waals surface area contributed by atoms with Crippen LogP contribution in [0.25, 0.3) is 27.2 Å². The van der Waals surface area contributed by atoms with Crippen LogP contribution in [0.15, 0.2) is 36.4 Å². The van der Waals surface area contributed by atoms with Gasteiger partial charge >= 0.3 is 0 Å². The minimum atomic E-state index is 0.229. The molecule has 0 saturated carbocycles. The molecule has 5 nitrogen and oxygen atoms in total. The number of rotatable bonds is 3. The van der Waals surface area contributed by atoms with Gasteiger partial charge in [-0.05, 0) is 49.5 Å². The number of aromatic nitrogens is 2. The maximum atomic E-state index is 9.89. The Hall–Kier alpha value is -2.44. The van der Waals surface area contributed by atoms with Crippen LogP contribution >= 0.6 is 11.3 Å². The SMILES string of the molecule is Oc1cccc(-c2nc(N3CCOCC3)c3sc(C4=CCCCC4)cc3n2)c1. The van der Waals surface area contributed by atoms with Gasteiger partial charge in [0.1, 0.15) is 5.75 Å². The highest BCUT2D eigenvalue weighted by atomic mass is 32.1. The Morgan fingerprint density at radius 3 is 2.75 bits per heavy atom. The van der Waals surface area contributed by atoms with Crippen molar-refractivity contribution in [2.45, 2.75) is 25.7 Å². The lowest BCUT2D eigenvalue weighted by atomic mass is 9.98. The Labute approximate surface area is 168 Å². The number of anilines is 1. The number of fused-ring (bicyclic) bond motifs is 1. The highest BCUT2D eigenvalue weighted by Crippen LogP contribution is 2.39. The normalized spacial score (nSPS) is 17.7. The molecule has 2 aromatic heterocycles. The molecule has 1 aliphatic carbocycles. The second kappa shape index (κ2) is 7.53. The molecule has 1 fully saturated rings. The summed E-state index contributed by atoms with van der Waals surface area (Å²) in [7, 11) is 0. The number of phenols is 1. The van der Waals surface area contributed by atoms with Gasteiger partial charge in [0.25, 0.3) is 0 Å². The Balaban J connectivity index is 1.66. The largest absolute Gasteiger partial charge is 0.508 e. The van der Waals surface area contributed by atoms with E-state index in [4.69, 9.17) is 14.7 Å². The predicted molar refractivity (Wildman–Crippen MR) is 114 cm³/mol. The van der Waals surface area contributed by atoms with Gasteiger partial charge in [0.05, 0.1) is 23.4 Å². The lowest BCUT2D eigenvalue weighted by molar-refractivity contribution is 0.122. The quantitative estimate of drug-likeness (QED) is 0.689. The maximum Gasteiger partial charge on any atom is 0.162 e. The van der Waals surface area contributed by atoms with Gasteiger partial charge < -0.3 is 14.7 Å². The van der Waals surface area contributed by atoms with Gasteiger partial charge in [-0.2, -0.15) is 0 Å². The summed E-state index contributed by atoms with van der Waals surface area (Å²) in [6, 6.07) is 9.39. The van der Waals surface area contributed by atoms with Crippen LogP contribution in [0.3, 0.4) is 0 Å². The fraction of sp³-hybridized carbons (Fsp3) is 0.364. The highest BCUT2D eigenvalue weighted by molar-refractivity contribution is 7.20. The minimum absolute atomic E-state index is 0.229. The number of morpholine rings is 1. The van der Waals surface area contributed by atoms with Gasteiger partial charge in [0, 0.05) is 23.5 Å². The molecule has 0 radical (unpaired) electrons. The fourth-order valence-corrected chi connectivity index (χ4v) is 5.08. The van der Waals surface area contributed by atoms with E-state index in [1.807, 2.05) is 12.1 Å². The van der Waals surface area contributed by atoms with Gasteiger partial charge in [-0.15, -0.1) is 11.3 Å². The van der Waals surface area contributed by atoms with Gasteiger partial charge in [-0.25, -0.2) is 9.97 Å². The van der Waals surface area contributed by atoms with Crippen molar-refractivity contribution in [1.82, 2.24) is 9.97 Å². The molecule has 1 aromatic carbocycles. The van der Waals surface area contributed by atoms with Crippen LogP contribution in [0.4, 0.5) is 5.82 Å². The Morgan fingerprint density at radius 2 is 1.96 bits per heavy atom. The molecule has 0 amide bonds. The van der Waals surface area contributed by atoms with E-state index in [-0.39, 0.29) is 5.75 Å². The molecule has 0 bridgehead atoms. The van der Waals surface area contributed by atoms with Crippen molar-refractivity contribution in [2.24, 2.45) is 0 Å². The van der Waals surface area contributed by atoms with E-state index in [1.54, 1.807) is 23.5 Å². The number of benzene rings is 1. The molecule has 5 rings (SSSR count). The molecule has 6 heteroatoms. The number of nitrogens with zero attached hydrogens (tertiary/aromatic N) is 3. The maximum absolute atomic E-state index is 9.89. The number of aromatic hydroxyl groups is 1. The third-order valence-corrected chi connectivity index (χ3v) is 6.57. The van der Waals surface area contributed by atoms with E-state index in [0.717, 1.165) is 54.3 Å². The summed E-state index contributed by atoms with van der Waals surface area (Å²) in [5.41, 5.74) is 3.27. The van der Waals surface area contributed by atoms with Crippen LogP contribution in [-0.2, 0) is 4.74 Å². The molecule has 0 unspecified atom stereocenters. The summed E-state index contributed by atoms with van der Waals surface area (Å²) in [5.74, 6) is 1.87. The zero-order chi connectivity index (χ0) is 18.9. The Bertz CT molecular complexity index is 1040. The fourth-order valence-electron chi connectivity index (χ4n) is 3.90. The first-order chi connectivity index (χ1) is 13.8. The summed E-state index contributed by atoms with van der Waals surface area (Å²) in [6.07, 6.45) is 7.24.